The van der Waals surface area contributed by atoms with Crippen LogP contribution in [0.5, 0.6) is 0 Å². The molecule has 2 heterocycles. The van der Waals surface area contributed by atoms with Crippen molar-refractivity contribution in [2.75, 3.05) is 26.2 Å². The van der Waals surface area contributed by atoms with Crippen molar-refractivity contribution in [3.63, 3.8) is 0 Å². The standard InChI is InChI=1S/C20H21N3OS.C2H6O/c1-2-21-10-11-23-20(24)19-12-18(14-25-19)16-7-5-15(6-8-16)17-4-3-9-22-13-17;1-2-3/h3-9,12-14,21H,2,10-11H2,1H3,(H,23,24);3H,2H2,1H3. The molecule has 148 valence electrons. The molecule has 1 aromatic carbocycles. The number of pyridine rings is 1. The summed E-state index contributed by atoms with van der Waals surface area (Å²) in [6.07, 6.45) is 3.63. The maximum Gasteiger partial charge on any atom is 0.261 e. The highest BCUT2D eigenvalue weighted by Gasteiger charge is 2.10. The van der Waals surface area contributed by atoms with Crippen molar-refractivity contribution in [2.24, 2.45) is 0 Å². The average Bonchev–Trinajstić information content (AvgIpc) is 3.23. The molecule has 0 unspecified atom stereocenters. The number of nitrogens with zero attached hydrogens (tertiary/aromatic N) is 1. The van der Waals surface area contributed by atoms with Crippen LogP contribution in [0.15, 0.2) is 60.2 Å². The fourth-order valence-electron chi connectivity index (χ4n) is 2.52. The Morgan fingerprint density at radius 1 is 1.04 bits per heavy atom. The molecule has 3 N–H and O–H groups in total. The van der Waals surface area contributed by atoms with Crippen molar-refractivity contribution in [3.05, 3.63) is 65.1 Å². The molecule has 0 spiro atoms. The zero-order valence-electron chi connectivity index (χ0n) is 16.3. The van der Waals surface area contributed by atoms with Gasteiger partial charge in [-0.05, 0) is 53.2 Å². The Labute approximate surface area is 170 Å². The Morgan fingerprint density at radius 3 is 2.32 bits per heavy atom. The van der Waals surface area contributed by atoms with Crippen LogP contribution in [-0.4, -0.2) is 42.2 Å². The quantitative estimate of drug-likeness (QED) is 0.530. The molecule has 28 heavy (non-hydrogen) atoms. The number of nitrogens with one attached hydrogen (secondary N) is 2. The second-order valence-electron chi connectivity index (χ2n) is 5.94. The van der Waals surface area contributed by atoms with Crippen molar-refractivity contribution in [2.45, 2.75) is 13.8 Å². The first-order chi connectivity index (χ1) is 13.7. The number of thiophene rings is 1. The highest BCUT2D eigenvalue weighted by molar-refractivity contribution is 7.12. The fraction of sp³-hybridized carbons (Fsp3) is 0.273. The van der Waals surface area contributed by atoms with Gasteiger partial charge in [0.2, 0.25) is 0 Å². The average molecular weight is 398 g/mol. The van der Waals surface area contributed by atoms with Gasteiger partial charge in [-0.15, -0.1) is 11.3 Å². The van der Waals surface area contributed by atoms with Gasteiger partial charge in [-0.25, -0.2) is 0 Å². The number of rotatable bonds is 7. The Kier molecular flexibility index (Phi) is 9.34. The number of aromatic nitrogens is 1. The van der Waals surface area contributed by atoms with E-state index in [2.05, 4.69) is 39.9 Å². The molecule has 0 atom stereocenters. The zero-order chi connectivity index (χ0) is 20.2. The lowest BCUT2D eigenvalue weighted by molar-refractivity contribution is 0.0958. The van der Waals surface area contributed by atoms with Gasteiger partial charge in [-0.3, -0.25) is 9.78 Å². The molecule has 0 saturated carbocycles. The molecule has 0 fully saturated rings. The van der Waals surface area contributed by atoms with E-state index in [1.165, 1.54) is 11.3 Å². The monoisotopic (exact) mass is 397 g/mol. The summed E-state index contributed by atoms with van der Waals surface area (Å²) in [6.45, 7) is 6.32. The molecule has 3 aromatic rings. The SMILES string of the molecule is CCNCCNC(=O)c1cc(-c2ccc(-c3cccnc3)cc2)cs1.CCO. The third-order valence-electron chi connectivity index (χ3n) is 3.87. The zero-order valence-corrected chi connectivity index (χ0v) is 17.1. The summed E-state index contributed by atoms with van der Waals surface area (Å²) in [6, 6.07) is 14.3. The van der Waals surface area contributed by atoms with Crippen molar-refractivity contribution >= 4 is 17.2 Å². The van der Waals surface area contributed by atoms with Crippen molar-refractivity contribution < 1.29 is 9.90 Å². The number of likely N-dealkylation sites (N-methyl/N-ethyl adjacent to an activating group) is 1. The lowest BCUT2D eigenvalue weighted by atomic mass is 10.0. The van der Waals surface area contributed by atoms with Crippen LogP contribution < -0.4 is 10.6 Å². The van der Waals surface area contributed by atoms with E-state index in [1.807, 2.05) is 36.7 Å². The lowest BCUT2D eigenvalue weighted by Crippen LogP contribution is -2.31. The van der Waals surface area contributed by atoms with Crippen molar-refractivity contribution in [1.29, 1.82) is 0 Å². The van der Waals surface area contributed by atoms with Crippen LogP contribution in [0, 0.1) is 0 Å². The van der Waals surface area contributed by atoms with Gasteiger partial charge in [0, 0.05) is 32.1 Å². The largest absolute Gasteiger partial charge is 0.397 e. The normalized spacial score (nSPS) is 10.1. The predicted octanol–water partition coefficient (Wildman–Crippen LogP) is 3.82. The molecule has 0 radical (unpaired) electrons. The Hall–Kier alpha value is -2.54. The highest BCUT2D eigenvalue weighted by Crippen LogP contribution is 2.28. The maximum atomic E-state index is 12.2. The van der Waals surface area contributed by atoms with Crippen LogP contribution in [0.25, 0.3) is 22.3 Å². The van der Waals surface area contributed by atoms with Crippen molar-refractivity contribution in [1.82, 2.24) is 15.6 Å². The first-order valence-electron chi connectivity index (χ1n) is 9.38. The molecule has 3 rings (SSSR count). The lowest BCUT2D eigenvalue weighted by Gasteiger charge is -2.04. The second kappa shape index (κ2) is 12.0. The molecular weight excluding hydrogens is 370 g/mol. The van der Waals surface area contributed by atoms with Gasteiger partial charge in [0.05, 0.1) is 4.88 Å². The molecule has 2 aromatic heterocycles. The van der Waals surface area contributed by atoms with Crippen LogP contribution in [-0.2, 0) is 0 Å². The minimum Gasteiger partial charge on any atom is -0.397 e. The van der Waals surface area contributed by atoms with Gasteiger partial charge in [0.25, 0.3) is 5.91 Å². The fourth-order valence-corrected chi connectivity index (χ4v) is 3.36. The number of aliphatic hydroxyl groups excluding tert-OH is 1. The Balaban J connectivity index is 0.000000878. The number of aliphatic hydroxyl groups is 1. The number of hydrogen-bond acceptors (Lipinski definition) is 5. The highest BCUT2D eigenvalue weighted by atomic mass is 32.1. The second-order valence-corrected chi connectivity index (χ2v) is 6.86. The van der Waals surface area contributed by atoms with Crippen LogP contribution in [0.3, 0.4) is 0 Å². The van der Waals surface area contributed by atoms with E-state index in [9.17, 15) is 4.79 Å². The van der Waals surface area contributed by atoms with Crippen LogP contribution in [0.2, 0.25) is 0 Å². The number of hydrogen-bond donors (Lipinski definition) is 3. The van der Waals surface area contributed by atoms with Crippen LogP contribution in [0.4, 0.5) is 0 Å². The topological polar surface area (TPSA) is 74.2 Å². The van der Waals surface area contributed by atoms with Crippen LogP contribution in [0.1, 0.15) is 23.5 Å². The van der Waals surface area contributed by atoms with E-state index in [-0.39, 0.29) is 12.5 Å². The summed E-state index contributed by atoms with van der Waals surface area (Å²) in [5.41, 5.74) is 4.41. The third-order valence-corrected chi connectivity index (χ3v) is 4.80. The van der Waals surface area contributed by atoms with E-state index in [1.54, 1.807) is 13.1 Å². The van der Waals surface area contributed by atoms with Gasteiger partial charge >= 0.3 is 0 Å². The summed E-state index contributed by atoms with van der Waals surface area (Å²) in [4.78, 5) is 17.0. The molecule has 0 aliphatic carbocycles. The molecule has 0 aliphatic heterocycles. The first kappa shape index (κ1) is 21.8. The summed E-state index contributed by atoms with van der Waals surface area (Å²) in [5.74, 6) is -0.0128. The molecular formula is C22H27N3O2S. The van der Waals surface area contributed by atoms with E-state index >= 15 is 0 Å². The van der Waals surface area contributed by atoms with Gasteiger partial charge < -0.3 is 15.7 Å². The van der Waals surface area contributed by atoms with E-state index in [0.717, 1.165) is 40.2 Å². The minimum absolute atomic E-state index is 0.0128. The smallest absolute Gasteiger partial charge is 0.261 e. The molecule has 6 heteroatoms. The molecule has 0 saturated heterocycles. The Morgan fingerprint density at radius 2 is 1.71 bits per heavy atom. The van der Waals surface area contributed by atoms with Gasteiger partial charge in [-0.2, -0.15) is 0 Å². The first-order valence-corrected chi connectivity index (χ1v) is 10.3. The summed E-state index contributed by atoms with van der Waals surface area (Å²) >= 11 is 1.47. The molecule has 1 amide bonds. The Bertz CT molecular complexity index is 833. The van der Waals surface area contributed by atoms with Crippen molar-refractivity contribution in [3.8, 4) is 22.3 Å². The van der Waals surface area contributed by atoms with E-state index in [4.69, 9.17) is 5.11 Å². The van der Waals surface area contributed by atoms with Gasteiger partial charge in [-0.1, -0.05) is 37.3 Å². The minimum atomic E-state index is -0.0128. The number of carbonyl (C=O) groups is 1. The number of amides is 1. The maximum absolute atomic E-state index is 12.2. The third kappa shape index (κ3) is 6.56. The summed E-state index contributed by atoms with van der Waals surface area (Å²) in [7, 11) is 0. The molecule has 0 aliphatic rings. The predicted molar refractivity (Wildman–Crippen MR) is 117 cm³/mol. The van der Waals surface area contributed by atoms with E-state index in [0.29, 0.717) is 6.54 Å². The number of carbonyl (C=O) groups excluding carboxylic acids is 1. The van der Waals surface area contributed by atoms with Gasteiger partial charge in [0.15, 0.2) is 0 Å². The summed E-state index contributed by atoms with van der Waals surface area (Å²) in [5, 5.41) is 15.7. The van der Waals surface area contributed by atoms with Crippen LogP contribution >= 0.6 is 11.3 Å². The number of benzene rings is 1. The van der Waals surface area contributed by atoms with E-state index < -0.39 is 0 Å². The summed E-state index contributed by atoms with van der Waals surface area (Å²) < 4.78 is 0. The molecule has 0 bridgehead atoms. The molecule has 5 nitrogen and oxygen atoms in total. The van der Waals surface area contributed by atoms with Gasteiger partial charge in [0.1, 0.15) is 0 Å².